The van der Waals surface area contributed by atoms with E-state index in [-0.39, 0.29) is 6.04 Å². The molecule has 2 aliphatic rings. The largest absolute Gasteiger partial charge is 0.478 e. The van der Waals surface area contributed by atoms with Crippen molar-refractivity contribution in [2.75, 3.05) is 5.75 Å². The van der Waals surface area contributed by atoms with Gasteiger partial charge in [-0.05, 0) is 29.0 Å². The van der Waals surface area contributed by atoms with Crippen LogP contribution in [-0.4, -0.2) is 16.8 Å². The third-order valence-electron chi connectivity index (χ3n) is 4.02. The van der Waals surface area contributed by atoms with Crippen LogP contribution in [0.5, 0.6) is 0 Å². The van der Waals surface area contributed by atoms with Gasteiger partial charge < -0.3 is 5.11 Å². The number of benzene rings is 2. The molecule has 2 heterocycles. The summed E-state index contributed by atoms with van der Waals surface area (Å²) in [7, 11) is 0. The van der Waals surface area contributed by atoms with Gasteiger partial charge in [0.05, 0.1) is 17.0 Å². The van der Waals surface area contributed by atoms with Crippen LogP contribution in [0.3, 0.4) is 0 Å². The first-order chi connectivity index (χ1) is 10.2. The lowest BCUT2D eigenvalue weighted by atomic mass is 9.90. The van der Waals surface area contributed by atoms with Crippen molar-refractivity contribution in [2.24, 2.45) is 10.9 Å². The molecule has 0 radical (unpaired) electrons. The van der Waals surface area contributed by atoms with Gasteiger partial charge in [0.25, 0.3) is 0 Å². The van der Waals surface area contributed by atoms with Gasteiger partial charge in [0.2, 0.25) is 0 Å². The van der Waals surface area contributed by atoms with Crippen LogP contribution < -0.4 is 10.6 Å². The number of nitrogens with zero attached hydrogens (tertiary/aromatic N) is 1. The standard InChI is InChI=1S/C17H13NO2S/c19-17(20)11-5-6-13-15(8-11)21-9-12-7-10-3-1-2-4-14(10)18-16(12)13/h1-8,12,16H,9H2,(H,19,20). The summed E-state index contributed by atoms with van der Waals surface area (Å²) in [5.41, 5.74) is 1.49. The average Bonchev–Trinajstić information content (AvgIpc) is 2.52. The third kappa shape index (κ3) is 2.07. The quantitative estimate of drug-likeness (QED) is 0.878. The number of carboxylic acids is 1. The van der Waals surface area contributed by atoms with Crippen LogP contribution in [0.15, 0.2) is 52.4 Å². The molecular weight excluding hydrogens is 282 g/mol. The fourth-order valence-electron chi connectivity index (χ4n) is 2.98. The second kappa shape index (κ2) is 4.74. The maximum absolute atomic E-state index is 11.1. The SMILES string of the molecule is O=C(O)c1ccc2c(c1)SCC1C=c3ccccc3=NC21. The first kappa shape index (κ1) is 12.7. The minimum atomic E-state index is -0.877. The average molecular weight is 295 g/mol. The number of carboxylic acid groups (broad SMARTS) is 1. The van der Waals surface area contributed by atoms with Crippen molar-refractivity contribution in [1.29, 1.82) is 0 Å². The summed E-state index contributed by atoms with van der Waals surface area (Å²) in [6.45, 7) is 0. The van der Waals surface area contributed by atoms with Crippen molar-refractivity contribution in [2.45, 2.75) is 10.9 Å². The van der Waals surface area contributed by atoms with Gasteiger partial charge in [-0.15, -0.1) is 11.8 Å². The Bertz CT molecular complexity index is 859. The Kier molecular flexibility index (Phi) is 2.86. The van der Waals surface area contributed by atoms with E-state index in [4.69, 9.17) is 10.1 Å². The summed E-state index contributed by atoms with van der Waals surface area (Å²) in [6, 6.07) is 13.7. The van der Waals surface area contributed by atoms with Crippen LogP contribution in [-0.2, 0) is 0 Å². The first-order valence-electron chi connectivity index (χ1n) is 6.87. The molecule has 2 aromatic carbocycles. The third-order valence-corrected chi connectivity index (χ3v) is 5.24. The van der Waals surface area contributed by atoms with Gasteiger partial charge in [-0.2, -0.15) is 0 Å². The molecule has 4 heteroatoms. The van der Waals surface area contributed by atoms with Gasteiger partial charge in [0.15, 0.2) is 0 Å². The van der Waals surface area contributed by atoms with Crippen LogP contribution in [0.1, 0.15) is 22.0 Å². The van der Waals surface area contributed by atoms with Gasteiger partial charge in [-0.1, -0.05) is 30.3 Å². The maximum Gasteiger partial charge on any atom is 0.335 e. The summed E-state index contributed by atoms with van der Waals surface area (Å²) in [6.07, 6.45) is 2.30. The number of thioether (sulfide) groups is 1. The molecule has 2 unspecified atom stereocenters. The second-order valence-electron chi connectivity index (χ2n) is 5.33. The van der Waals surface area contributed by atoms with E-state index in [0.717, 1.165) is 21.6 Å². The number of fused-ring (bicyclic) bond motifs is 4. The van der Waals surface area contributed by atoms with Gasteiger partial charge >= 0.3 is 5.97 Å². The Labute approximate surface area is 126 Å². The molecule has 3 nitrogen and oxygen atoms in total. The molecule has 1 N–H and O–H groups in total. The summed E-state index contributed by atoms with van der Waals surface area (Å²) in [5.74, 6) is 0.449. The lowest BCUT2D eigenvalue weighted by molar-refractivity contribution is 0.0696. The summed E-state index contributed by atoms with van der Waals surface area (Å²) >= 11 is 1.73. The zero-order chi connectivity index (χ0) is 14.4. The highest BCUT2D eigenvalue weighted by molar-refractivity contribution is 7.99. The van der Waals surface area contributed by atoms with Crippen molar-refractivity contribution in [3.8, 4) is 0 Å². The number of hydrogen-bond donors (Lipinski definition) is 1. The van der Waals surface area contributed by atoms with E-state index in [1.165, 1.54) is 5.22 Å². The molecule has 2 aromatic rings. The van der Waals surface area contributed by atoms with Crippen molar-refractivity contribution < 1.29 is 9.90 Å². The van der Waals surface area contributed by atoms with E-state index in [2.05, 4.69) is 12.1 Å². The maximum atomic E-state index is 11.1. The molecule has 0 saturated carbocycles. The van der Waals surface area contributed by atoms with E-state index < -0.39 is 5.97 Å². The molecule has 2 aliphatic heterocycles. The molecule has 0 spiro atoms. The molecule has 21 heavy (non-hydrogen) atoms. The molecule has 4 rings (SSSR count). The fourth-order valence-corrected chi connectivity index (χ4v) is 4.19. The molecular formula is C17H13NO2S. The number of para-hydroxylation sites is 1. The molecule has 0 amide bonds. The molecule has 0 bridgehead atoms. The number of hydrogen-bond acceptors (Lipinski definition) is 3. The lowest BCUT2D eigenvalue weighted by Gasteiger charge is -2.30. The Morgan fingerprint density at radius 1 is 1.24 bits per heavy atom. The zero-order valence-electron chi connectivity index (χ0n) is 11.2. The smallest absolute Gasteiger partial charge is 0.335 e. The van der Waals surface area contributed by atoms with Gasteiger partial charge in [0, 0.05) is 16.6 Å². The Morgan fingerprint density at radius 2 is 2.10 bits per heavy atom. The number of carbonyl (C=O) groups is 1. The van der Waals surface area contributed by atoms with Crippen LogP contribution in [0.2, 0.25) is 0 Å². The monoisotopic (exact) mass is 295 g/mol. The second-order valence-corrected chi connectivity index (χ2v) is 6.39. The predicted octanol–water partition coefficient (Wildman–Crippen LogP) is 2.26. The van der Waals surface area contributed by atoms with E-state index >= 15 is 0 Å². The lowest BCUT2D eigenvalue weighted by Crippen LogP contribution is -2.34. The highest BCUT2D eigenvalue weighted by Gasteiger charge is 2.30. The van der Waals surface area contributed by atoms with Crippen LogP contribution >= 0.6 is 11.8 Å². The van der Waals surface area contributed by atoms with Crippen molar-refractivity contribution >= 4 is 23.8 Å². The molecule has 104 valence electrons. The van der Waals surface area contributed by atoms with E-state index in [1.54, 1.807) is 23.9 Å². The topological polar surface area (TPSA) is 49.7 Å². The van der Waals surface area contributed by atoms with E-state index in [1.807, 2.05) is 24.3 Å². The van der Waals surface area contributed by atoms with Crippen molar-refractivity contribution in [3.05, 3.63) is 64.2 Å². The molecule has 0 aliphatic carbocycles. The van der Waals surface area contributed by atoms with Crippen LogP contribution in [0, 0.1) is 5.92 Å². The molecule has 0 saturated heterocycles. The fraction of sp³-hybridized carbons (Fsp3) is 0.176. The minimum absolute atomic E-state index is 0.110. The minimum Gasteiger partial charge on any atom is -0.478 e. The number of rotatable bonds is 1. The normalized spacial score (nSPS) is 22.1. The van der Waals surface area contributed by atoms with Crippen molar-refractivity contribution in [1.82, 2.24) is 0 Å². The summed E-state index contributed by atoms with van der Waals surface area (Å²) in [4.78, 5) is 17.0. The first-order valence-corrected chi connectivity index (χ1v) is 7.86. The van der Waals surface area contributed by atoms with Gasteiger partial charge in [0.1, 0.15) is 0 Å². The Hall–Kier alpha value is -2.07. The van der Waals surface area contributed by atoms with Crippen LogP contribution in [0.4, 0.5) is 0 Å². The molecule has 0 fully saturated rings. The molecule has 0 aromatic heterocycles. The highest BCUT2D eigenvalue weighted by atomic mass is 32.2. The summed E-state index contributed by atoms with van der Waals surface area (Å²) < 4.78 is 0. The highest BCUT2D eigenvalue weighted by Crippen LogP contribution is 2.43. The summed E-state index contributed by atoms with van der Waals surface area (Å²) in [5, 5.41) is 11.3. The van der Waals surface area contributed by atoms with E-state index in [0.29, 0.717) is 11.5 Å². The van der Waals surface area contributed by atoms with E-state index in [9.17, 15) is 4.79 Å². The Balaban J connectivity index is 1.86. The molecule has 2 atom stereocenters. The predicted molar refractivity (Wildman–Crippen MR) is 82.0 cm³/mol. The van der Waals surface area contributed by atoms with Gasteiger partial charge in [-0.3, -0.25) is 4.99 Å². The zero-order valence-corrected chi connectivity index (χ0v) is 12.0. The van der Waals surface area contributed by atoms with Crippen molar-refractivity contribution in [3.63, 3.8) is 0 Å². The Morgan fingerprint density at radius 3 is 2.95 bits per heavy atom. The van der Waals surface area contributed by atoms with Gasteiger partial charge in [-0.25, -0.2) is 4.79 Å². The number of aromatic carboxylic acids is 1. The van der Waals surface area contributed by atoms with Crippen LogP contribution in [0.25, 0.3) is 6.08 Å².